The number of anilines is 1. The number of hydrogen-bond acceptors (Lipinski definition) is 3. The van der Waals surface area contributed by atoms with Crippen molar-refractivity contribution in [1.82, 2.24) is 0 Å². The van der Waals surface area contributed by atoms with E-state index in [4.69, 9.17) is 11.6 Å². The first kappa shape index (κ1) is 13.6. The van der Waals surface area contributed by atoms with Crippen LogP contribution in [-0.4, -0.2) is 15.0 Å². The first-order valence-corrected chi connectivity index (χ1v) is 6.89. The summed E-state index contributed by atoms with van der Waals surface area (Å²) < 4.78 is 22.0. The second kappa shape index (κ2) is 6.28. The van der Waals surface area contributed by atoms with Gasteiger partial charge in [0.2, 0.25) is 10.0 Å². The van der Waals surface area contributed by atoms with Crippen LogP contribution in [0.25, 0.3) is 0 Å². The zero-order valence-corrected chi connectivity index (χ0v) is 10.3. The largest absolute Gasteiger partial charge is 0.385 e. The van der Waals surface area contributed by atoms with E-state index >= 15 is 0 Å². The van der Waals surface area contributed by atoms with Crippen LogP contribution in [0.5, 0.6) is 0 Å². The number of nitrogens with two attached hydrogens (primary N) is 1. The predicted octanol–water partition coefficient (Wildman–Crippen LogP) is 1.55. The third-order valence-electron chi connectivity index (χ3n) is 2.26. The molecule has 0 aliphatic carbocycles. The van der Waals surface area contributed by atoms with Gasteiger partial charge < -0.3 is 5.32 Å². The molecule has 0 bridgehead atoms. The molecule has 0 amide bonds. The van der Waals surface area contributed by atoms with Gasteiger partial charge in [-0.05, 0) is 37.1 Å². The lowest BCUT2D eigenvalue weighted by Crippen LogP contribution is -2.12. The molecule has 4 nitrogen and oxygen atoms in total. The van der Waals surface area contributed by atoms with E-state index in [1.165, 1.54) is 12.1 Å². The van der Waals surface area contributed by atoms with Gasteiger partial charge in [-0.1, -0.05) is 0 Å². The van der Waals surface area contributed by atoms with E-state index in [0.29, 0.717) is 0 Å². The van der Waals surface area contributed by atoms with Crippen LogP contribution in [0.4, 0.5) is 5.69 Å². The Morgan fingerprint density at radius 3 is 2.41 bits per heavy atom. The van der Waals surface area contributed by atoms with Crippen molar-refractivity contribution >= 4 is 15.7 Å². The molecule has 0 fully saturated rings. The Kier molecular flexibility index (Phi) is 5.01. The zero-order chi connectivity index (χ0) is 12.7. The van der Waals surface area contributed by atoms with E-state index in [9.17, 15) is 8.42 Å². The molecular formula is C12H16N2O2S. The fraction of sp³-hybridized carbons (Fsp3) is 0.333. The molecule has 3 N–H and O–H groups in total. The quantitative estimate of drug-likeness (QED) is 0.596. The van der Waals surface area contributed by atoms with E-state index in [0.717, 1.165) is 31.5 Å². The predicted molar refractivity (Wildman–Crippen MR) is 69.0 cm³/mol. The maximum Gasteiger partial charge on any atom is 0.238 e. The number of hydrogen-bond donors (Lipinski definition) is 2. The molecule has 0 aromatic heterocycles. The Morgan fingerprint density at radius 1 is 1.24 bits per heavy atom. The third-order valence-corrected chi connectivity index (χ3v) is 3.19. The Hall–Kier alpha value is -1.51. The van der Waals surface area contributed by atoms with E-state index in [-0.39, 0.29) is 4.90 Å². The Morgan fingerprint density at radius 2 is 1.88 bits per heavy atom. The summed E-state index contributed by atoms with van der Waals surface area (Å²) in [6, 6.07) is 6.36. The number of unbranched alkanes of at least 4 members (excludes halogenated alkanes) is 2. The van der Waals surface area contributed by atoms with Crippen LogP contribution in [0.3, 0.4) is 0 Å². The minimum absolute atomic E-state index is 0.121. The molecule has 0 unspecified atom stereocenters. The molecule has 0 saturated carbocycles. The Balaban J connectivity index is 2.44. The molecule has 0 aliphatic heterocycles. The summed E-state index contributed by atoms with van der Waals surface area (Å²) in [7, 11) is -3.60. The lowest BCUT2D eigenvalue weighted by atomic mass is 10.2. The Labute approximate surface area is 102 Å². The summed E-state index contributed by atoms with van der Waals surface area (Å²) in [6.45, 7) is 0.816. The molecule has 5 heteroatoms. The van der Waals surface area contributed by atoms with Gasteiger partial charge in [0, 0.05) is 18.7 Å². The number of sulfonamides is 1. The maximum atomic E-state index is 11.0. The van der Waals surface area contributed by atoms with Crippen LogP contribution in [0.15, 0.2) is 29.2 Å². The van der Waals surface area contributed by atoms with Crippen molar-refractivity contribution < 1.29 is 8.42 Å². The second-order valence-corrected chi connectivity index (χ2v) is 5.22. The van der Waals surface area contributed by atoms with Crippen molar-refractivity contribution in [2.75, 3.05) is 11.9 Å². The standard InChI is InChI=1S/C12H16N2O2S/c1-2-3-4-5-10-14-11-6-8-12(9-7-11)17(13,15)16/h1,6-9,14H,3-5,10H2,(H2,13,15,16). The van der Waals surface area contributed by atoms with Gasteiger partial charge in [-0.3, -0.25) is 0 Å². The molecule has 0 heterocycles. The van der Waals surface area contributed by atoms with Crippen LogP contribution in [0.1, 0.15) is 19.3 Å². The lowest BCUT2D eigenvalue weighted by Gasteiger charge is -2.06. The van der Waals surface area contributed by atoms with Crippen LogP contribution >= 0.6 is 0 Å². The number of terminal acetylenes is 1. The highest BCUT2D eigenvalue weighted by Gasteiger charge is 2.06. The molecule has 92 valence electrons. The van der Waals surface area contributed by atoms with Gasteiger partial charge in [0.15, 0.2) is 0 Å². The van der Waals surface area contributed by atoms with Crippen molar-refractivity contribution in [2.45, 2.75) is 24.2 Å². The average molecular weight is 252 g/mol. The molecule has 0 aliphatic rings. The van der Waals surface area contributed by atoms with E-state index in [2.05, 4.69) is 11.2 Å². The molecule has 0 spiro atoms. The first-order chi connectivity index (χ1) is 8.04. The summed E-state index contributed by atoms with van der Waals surface area (Å²) >= 11 is 0. The van der Waals surface area contributed by atoms with Crippen molar-refractivity contribution in [2.24, 2.45) is 5.14 Å². The molecule has 1 aromatic carbocycles. The van der Waals surface area contributed by atoms with Crippen LogP contribution in [0.2, 0.25) is 0 Å². The summed E-state index contributed by atoms with van der Waals surface area (Å²) in [6.07, 6.45) is 7.90. The molecule has 1 aromatic rings. The van der Waals surface area contributed by atoms with Crippen molar-refractivity contribution in [3.8, 4) is 12.3 Å². The number of rotatable bonds is 6. The van der Waals surface area contributed by atoms with Crippen LogP contribution in [-0.2, 0) is 10.0 Å². The molecule has 0 radical (unpaired) electrons. The van der Waals surface area contributed by atoms with E-state index in [1.807, 2.05) is 0 Å². The van der Waals surface area contributed by atoms with E-state index < -0.39 is 10.0 Å². The monoisotopic (exact) mass is 252 g/mol. The summed E-state index contributed by atoms with van der Waals surface area (Å²) in [5.41, 5.74) is 0.873. The summed E-state index contributed by atoms with van der Waals surface area (Å²) in [4.78, 5) is 0.121. The molecule has 0 atom stereocenters. The van der Waals surface area contributed by atoms with Crippen LogP contribution in [0, 0.1) is 12.3 Å². The van der Waals surface area contributed by atoms with Crippen molar-refractivity contribution in [3.63, 3.8) is 0 Å². The van der Waals surface area contributed by atoms with Gasteiger partial charge in [0.1, 0.15) is 0 Å². The van der Waals surface area contributed by atoms with Crippen molar-refractivity contribution in [3.05, 3.63) is 24.3 Å². The molecule has 1 rings (SSSR count). The fourth-order valence-corrected chi connectivity index (χ4v) is 1.86. The summed E-state index contributed by atoms with van der Waals surface area (Å²) in [5, 5.41) is 8.17. The number of benzene rings is 1. The van der Waals surface area contributed by atoms with Gasteiger partial charge in [0.25, 0.3) is 0 Å². The van der Waals surface area contributed by atoms with Gasteiger partial charge in [-0.15, -0.1) is 12.3 Å². The highest BCUT2D eigenvalue weighted by atomic mass is 32.2. The first-order valence-electron chi connectivity index (χ1n) is 5.34. The maximum absolute atomic E-state index is 11.0. The minimum Gasteiger partial charge on any atom is -0.385 e. The van der Waals surface area contributed by atoms with Gasteiger partial charge in [0.05, 0.1) is 4.90 Å². The number of primary sulfonamides is 1. The summed E-state index contributed by atoms with van der Waals surface area (Å²) in [5.74, 6) is 2.58. The van der Waals surface area contributed by atoms with Gasteiger partial charge in [-0.2, -0.15) is 0 Å². The van der Waals surface area contributed by atoms with Crippen molar-refractivity contribution in [1.29, 1.82) is 0 Å². The topological polar surface area (TPSA) is 72.2 Å². The molecular weight excluding hydrogens is 236 g/mol. The molecule has 17 heavy (non-hydrogen) atoms. The fourth-order valence-electron chi connectivity index (χ4n) is 1.35. The highest BCUT2D eigenvalue weighted by Crippen LogP contribution is 2.12. The SMILES string of the molecule is C#CCCCCNc1ccc(S(N)(=O)=O)cc1. The van der Waals surface area contributed by atoms with Gasteiger partial charge >= 0.3 is 0 Å². The third kappa shape index (κ3) is 4.89. The van der Waals surface area contributed by atoms with E-state index in [1.54, 1.807) is 12.1 Å². The number of nitrogens with one attached hydrogen (secondary N) is 1. The smallest absolute Gasteiger partial charge is 0.238 e. The second-order valence-electron chi connectivity index (χ2n) is 3.66. The Bertz CT molecular complexity index is 486. The normalized spacial score (nSPS) is 10.8. The highest BCUT2D eigenvalue weighted by molar-refractivity contribution is 7.89. The minimum atomic E-state index is -3.60. The zero-order valence-electron chi connectivity index (χ0n) is 9.52. The van der Waals surface area contributed by atoms with Crippen LogP contribution < -0.4 is 10.5 Å². The van der Waals surface area contributed by atoms with Gasteiger partial charge in [-0.25, -0.2) is 13.6 Å². The lowest BCUT2D eigenvalue weighted by molar-refractivity contribution is 0.598. The average Bonchev–Trinajstić information content (AvgIpc) is 2.28. The molecule has 0 saturated heterocycles.